The van der Waals surface area contributed by atoms with Crippen molar-refractivity contribution in [1.29, 1.82) is 0 Å². The van der Waals surface area contributed by atoms with Gasteiger partial charge in [-0.3, -0.25) is 0 Å². The average Bonchev–Trinajstić information content (AvgIpc) is 3.52. The van der Waals surface area contributed by atoms with Crippen LogP contribution < -0.4 is 0 Å². The Morgan fingerprint density at radius 2 is 1.10 bits per heavy atom. The van der Waals surface area contributed by atoms with Gasteiger partial charge in [0, 0.05) is 12.8 Å². The lowest BCUT2D eigenvalue weighted by molar-refractivity contribution is 0.205. The first-order chi connectivity index (χ1) is 14.8. The number of hydrogen-bond donors (Lipinski definition) is 0. The molecule has 146 valence electrons. The quantitative estimate of drug-likeness (QED) is 0.662. The molecule has 0 N–H and O–H groups in total. The Bertz CT molecular complexity index is 1160. The van der Waals surface area contributed by atoms with E-state index in [-0.39, 0.29) is 24.3 Å². The van der Waals surface area contributed by atoms with Crippen molar-refractivity contribution in [2.45, 2.75) is 37.1 Å². The second kappa shape index (κ2) is 6.02. The number of nitrogens with zero attached hydrogens (tertiary/aromatic N) is 3. The van der Waals surface area contributed by atoms with E-state index in [0.29, 0.717) is 11.8 Å². The fraction of sp³-hybridized carbons (Fsp3) is 0.240. The van der Waals surface area contributed by atoms with Crippen molar-refractivity contribution in [3.63, 3.8) is 0 Å². The molecule has 0 saturated heterocycles. The first kappa shape index (κ1) is 16.3. The van der Waals surface area contributed by atoms with Crippen LogP contribution in [0, 0.1) is 0 Å². The summed E-state index contributed by atoms with van der Waals surface area (Å²) in [6.07, 6.45) is 1.93. The molecule has 0 spiro atoms. The van der Waals surface area contributed by atoms with E-state index in [9.17, 15) is 0 Å². The predicted molar refractivity (Wildman–Crippen MR) is 113 cm³/mol. The molecule has 0 bridgehead atoms. The number of ether oxygens (including phenoxy) is 2. The zero-order valence-electron chi connectivity index (χ0n) is 16.2. The molecule has 0 fully saturated rings. The molecule has 7 rings (SSSR count). The first-order valence-corrected chi connectivity index (χ1v) is 10.5. The minimum absolute atomic E-state index is 0.0672. The number of fused-ring (bicyclic) bond motifs is 6. The van der Waals surface area contributed by atoms with Crippen LogP contribution in [0.15, 0.2) is 76.7 Å². The molecule has 4 aliphatic rings. The maximum absolute atomic E-state index is 6.20. The molecule has 0 saturated carbocycles. The lowest BCUT2D eigenvalue weighted by atomic mass is 10.1. The van der Waals surface area contributed by atoms with Crippen LogP contribution in [0.25, 0.3) is 0 Å². The molecule has 2 aromatic carbocycles. The summed E-state index contributed by atoms with van der Waals surface area (Å²) in [6, 6.07) is 22.9. The molecule has 2 unspecified atom stereocenters. The number of rotatable bonds is 2. The normalized spacial score (nSPS) is 27.3. The molecule has 1 aromatic heterocycles. The second-order valence-electron chi connectivity index (χ2n) is 8.28. The summed E-state index contributed by atoms with van der Waals surface area (Å²) in [5.74, 6) is 1.23. The molecule has 30 heavy (non-hydrogen) atoms. The summed E-state index contributed by atoms with van der Waals surface area (Å²) in [6.45, 7) is 0. The van der Waals surface area contributed by atoms with Crippen LogP contribution in [0.2, 0.25) is 0 Å². The number of aliphatic imine (C=N–C) groups is 2. The zero-order valence-corrected chi connectivity index (χ0v) is 16.2. The van der Waals surface area contributed by atoms with Crippen LogP contribution in [0.5, 0.6) is 0 Å². The Balaban J connectivity index is 1.20. The number of hydrogen-bond acceptors (Lipinski definition) is 5. The minimum Gasteiger partial charge on any atom is -0.470 e. The van der Waals surface area contributed by atoms with Gasteiger partial charge in [0.25, 0.3) is 0 Å². The molecule has 0 radical (unpaired) electrons. The van der Waals surface area contributed by atoms with Crippen LogP contribution >= 0.6 is 0 Å². The monoisotopic (exact) mass is 393 g/mol. The van der Waals surface area contributed by atoms with E-state index in [0.717, 1.165) is 24.2 Å². The van der Waals surface area contributed by atoms with Gasteiger partial charge in [0.05, 0.1) is 0 Å². The van der Waals surface area contributed by atoms with Gasteiger partial charge in [-0.2, -0.15) is 0 Å². The first-order valence-electron chi connectivity index (χ1n) is 10.5. The standard InChI is InChI=1S/C25H19N3O2/c1-3-8-16-14(6-1)12-20-22(16)27-24(29-20)18-10-5-11-19(26-18)25-28-23-17-9-4-2-7-15(17)13-21(23)30-25/h1-11,20-23H,12-13H2/t20-,21-,22?,23?/m1/s1. The van der Waals surface area contributed by atoms with E-state index in [4.69, 9.17) is 24.4 Å². The molecule has 5 nitrogen and oxygen atoms in total. The molecular formula is C25H19N3O2. The SMILES string of the molecule is c1cc(C2=NC3c4ccccc4C[C@H]3O2)nc(C2=NC3c4ccccc4C[C@H]3O2)c1. The highest BCUT2D eigenvalue weighted by atomic mass is 16.5. The Morgan fingerprint density at radius 3 is 1.63 bits per heavy atom. The lowest BCUT2D eigenvalue weighted by Crippen LogP contribution is -2.17. The molecule has 0 amide bonds. The molecule has 2 aliphatic heterocycles. The van der Waals surface area contributed by atoms with E-state index in [1.807, 2.05) is 18.2 Å². The molecule has 2 aliphatic carbocycles. The third kappa shape index (κ3) is 2.32. The van der Waals surface area contributed by atoms with Crippen LogP contribution in [0.4, 0.5) is 0 Å². The highest BCUT2D eigenvalue weighted by molar-refractivity contribution is 5.97. The average molecular weight is 393 g/mol. The number of benzene rings is 2. The lowest BCUT2D eigenvalue weighted by Gasteiger charge is -2.10. The maximum Gasteiger partial charge on any atom is 0.236 e. The van der Waals surface area contributed by atoms with Crippen LogP contribution in [-0.4, -0.2) is 29.0 Å². The third-order valence-electron chi connectivity index (χ3n) is 6.52. The van der Waals surface area contributed by atoms with Crippen molar-refractivity contribution in [3.05, 3.63) is 100 Å². The molecule has 3 aromatic rings. The smallest absolute Gasteiger partial charge is 0.236 e. The van der Waals surface area contributed by atoms with E-state index in [2.05, 4.69) is 48.5 Å². The highest BCUT2D eigenvalue weighted by Crippen LogP contribution is 2.42. The highest BCUT2D eigenvalue weighted by Gasteiger charge is 2.41. The van der Waals surface area contributed by atoms with Gasteiger partial charge in [0.2, 0.25) is 11.8 Å². The van der Waals surface area contributed by atoms with E-state index < -0.39 is 0 Å². The van der Waals surface area contributed by atoms with Gasteiger partial charge in [-0.05, 0) is 34.4 Å². The summed E-state index contributed by atoms with van der Waals surface area (Å²) in [4.78, 5) is 14.5. The minimum atomic E-state index is 0.0672. The van der Waals surface area contributed by atoms with Crippen LogP contribution in [-0.2, 0) is 22.3 Å². The zero-order chi connectivity index (χ0) is 19.7. The Morgan fingerprint density at radius 1 is 0.600 bits per heavy atom. The summed E-state index contributed by atoms with van der Waals surface area (Å²) in [5, 5.41) is 0. The second-order valence-corrected chi connectivity index (χ2v) is 8.28. The van der Waals surface area contributed by atoms with Gasteiger partial charge < -0.3 is 9.47 Å². The fourth-order valence-electron chi connectivity index (χ4n) is 5.12. The van der Waals surface area contributed by atoms with Crippen molar-refractivity contribution in [2.75, 3.05) is 0 Å². The maximum atomic E-state index is 6.20. The Labute approximate surface area is 174 Å². The van der Waals surface area contributed by atoms with Crippen molar-refractivity contribution in [3.8, 4) is 0 Å². The summed E-state index contributed by atoms with van der Waals surface area (Å²) < 4.78 is 12.4. The van der Waals surface area contributed by atoms with Crippen molar-refractivity contribution in [2.24, 2.45) is 9.98 Å². The van der Waals surface area contributed by atoms with Gasteiger partial charge in [-0.15, -0.1) is 0 Å². The van der Waals surface area contributed by atoms with Crippen LogP contribution in [0.1, 0.15) is 45.7 Å². The topological polar surface area (TPSA) is 56.1 Å². The number of pyridine rings is 1. The van der Waals surface area contributed by atoms with Gasteiger partial charge in [-0.1, -0.05) is 54.6 Å². The third-order valence-corrected chi connectivity index (χ3v) is 6.52. The molecule has 4 atom stereocenters. The van der Waals surface area contributed by atoms with E-state index >= 15 is 0 Å². The van der Waals surface area contributed by atoms with Gasteiger partial charge in [-0.25, -0.2) is 15.0 Å². The predicted octanol–water partition coefficient (Wildman–Crippen LogP) is 3.97. The van der Waals surface area contributed by atoms with Crippen LogP contribution in [0.3, 0.4) is 0 Å². The van der Waals surface area contributed by atoms with Crippen molar-refractivity contribution in [1.82, 2.24) is 4.98 Å². The molecule has 5 heteroatoms. The summed E-state index contributed by atoms with van der Waals surface area (Å²) in [5.41, 5.74) is 6.67. The largest absolute Gasteiger partial charge is 0.470 e. The van der Waals surface area contributed by atoms with Gasteiger partial charge in [0.15, 0.2) is 0 Å². The molecule has 3 heterocycles. The molecular weight excluding hydrogens is 374 g/mol. The Kier molecular flexibility index (Phi) is 3.28. The number of aromatic nitrogens is 1. The fourth-order valence-corrected chi connectivity index (χ4v) is 5.12. The van der Waals surface area contributed by atoms with E-state index in [1.165, 1.54) is 22.3 Å². The van der Waals surface area contributed by atoms with Crippen molar-refractivity contribution >= 4 is 11.8 Å². The van der Waals surface area contributed by atoms with Gasteiger partial charge >= 0.3 is 0 Å². The van der Waals surface area contributed by atoms with E-state index in [1.54, 1.807) is 0 Å². The Hall–Kier alpha value is -3.47. The summed E-state index contributed by atoms with van der Waals surface area (Å²) >= 11 is 0. The van der Waals surface area contributed by atoms with Crippen molar-refractivity contribution < 1.29 is 9.47 Å². The van der Waals surface area contributed by atoms with Gasteiger partial charge in [0.1, 0.15) is 35.7 Å². The summed E-state index contributed by atoms with van der Waals surface area (Å²) in [7, 11) is 0.